The van der Waals surface area contributed by atoms with Gasteiger partial charge in [0, 0.05) is 17.4 Å². The number of benzene rings is 2. The van der Waals surface area contributed by atoms with Crippen LogP contribution < -0.4 is 20.5 Å². The zero-order chi connectivity index (χ0) is 15.2. The van der Waals surface area contributed by atoms with Gasteiger partial charge in [0.25, 0.3) is 0 Å². The number of ether oxygens (including phenoxy) is 2. The Kier molecular flexibility index (Phi) is 4.66. The maximum atomic E-state index is 12.0. The molecule has 3 N–H and O–H groups in total. The Morgan fingerprint density at radius 1 is 1.10 bits per heavy atom. The van der Waals surface area contributed by atoms with E-state index in [1.54, 1.807) is 26.4 Å². The summed E-state index contributed by atoms with van der Waals surface area (Å²) in [6.45, 7) is 0. The van der Waals surface area contributed by atoms with Crippen LogP contribution in [-0.2, 0) is 11.2 Å². The average Bonchev–Trinajstić information content (AvgIpc) is 2.49. The number of nitrogens with one attached hydrogen (secondary N) is 1. The predicted molar refractivity (Wildman–Crippen MR) is 82.7 cm³/mol. The predicted octanol–water partition coefficient (Wildman–Crippen LogP) is 2.47. The molecule has 21 heavy (non-hydrogen) atoms. The zero-order valence-electron chi connectivity index (χ0n) is 12.1. The number of para-hydroxylation sites is 1. The molecule has 2 rings (SSSR count). The molecule has 0 saturated heterocycles. The molecule has 5 nitrogen and oxygen atoms in total. The molecular formula is C16H18N2O3. The van der Waals surface area contributed by atoms with Gasteiger partial charge in [0.1, 0.15) is 0 Å². The summed E-state index contributed by atoms with van der Waals surface area (Å²) in [5.74, 6) is 0.955. The number of nitrogens with two attached hydrogens (primary N) is 1. The summed E-state index contributed by atoms with van der Waals surface area (Å²) in [6.07, 6.45) is 0.168. The van der Waals surface area contributed by atoms with Crippen LogP contribution in [0.25, 0.3) is 0 Å². The molecule has 0 heterocycles. The summed E-state index contributed by atoms with van der Waals surface area (Å²) in [6, 6.07) is 12.6. The molecule has 0 bridgehead atoms. The second-order valence-corrected chi connectivity index (χ2v) is 4.50. The Bertz CT molecular complexity index is 627. The van der Waals surface area contributed by atoms with Crippen LogP contribution in [0.1, 0.15) is 5.56 Å². The number of carbonyl (C=O) groups is 1. The molecule has 0 aliphatic rings. The van der Waals surface area contributed by atoms with Crippen LogP contribution in [0, 0.1) is 0 Å². The van der Waals surface area contributed by atoms with E-state index < -0.39 is 0 Å². The molecule has 0 radical (unpaired) electrons. The average molecular weight is 286 g/mol. The van der Waals surface area contributed by atoms with Crippen LogP contribution in [0.2, 0.25) is 0 Å². The van der Waals surface area contributed by atoms with E-state index in [1.807, 2.05) is 30.3 Å². The lowest BCUT2D eigenvalue weighted by molar-refractivity contribution is -0.115. The van der Waals surface area contributed by atoms with E-state index in [-0.39, 0.29) is 12.3 Å². The van der Waals surface area contributed by atoms with E-state index in [0.717, 1.165) is 5.69 Å². The Labute approximate surface area is 123 Å². The second-order valence-electron chi connectivity index (χ2n) is 4.50. The van der Waals surface area contributed by atoms with E-state index >= 15 is 0 Å². The fraction of sp³-hybridized carbons (Fsp3) is 0.188. The maximum Gasteiger partial charge on any atom is 0.228 e. The van der Waals surface area contributed by atoms with Crippen LogP contribution in [0.5, 0.6) is 11.5 Å². The van der Waals surface area contributed by atoms with E-state index in [9.17, 15) is 4.79 Å². The lowest BCUT2D eigenvalue weighted by Gasteiger charge is -2.12. The number of anilines is 2. The molecule has 0 fully saturated rings. The number of hydrogen-bond acceptors (Lipinski definition) is 4. The lowest BCUT2D eigenvalue weighted by Crippen LogP contribution is -2.15. The van der Waals surface area contributed by atoms with Gasteiger partial charge in [-0.2, -0.15) is 0 Å². The largest absolute Gasteiger partial charge is 0.493 e. The van der Waals surface area contributed by atoms with Gasteiger partial charge < -0.3 is 20.5 Å². The Morgan fingerprint density at radius 2 is 1.71 bits per heavy atom. The van der Waals surface area contributed by atoms with E-state index in [4.69, 9.17) is 15.2 Å². The maximum absolute atomic E-state index is 12.0. The molecule has 2 aromatic carbocycles. The van der Waals surface area contributed by atoms with Crippen molar-refractivity contribution in [3.05, 3.63) is 48.0 Å². The normalized spacial score (nSPS) is 10.0. The third-order valence-electron chi connectivity index (χ3n) is 3.05. The van der Waals surface area contributed by atoms with Crippen molar-refractivity contribution in [2.75, 3.05) is 25.3 Å². The Morgan fingerprint density at radius 3 is 2.33 bits per heavy atom. The molecule has 5 heteroatoms. The van der Waals surface area contributed by atoms with E-state index in [2.05, 4.69) is 5.32 Å². The van der Waals surface area contributed by atoms with Crippen LogP contribution in [-0.4, -0.2) is 20.1 Å². The molecule has 0 aliphatic carbocycles. The summed E-state index contributed by atoms with van der Waals surface area (Å²) in [5, 5.41) is 2.82. The number of carbonyl (C=O) groups excluding carboxylic acids is 1. The van der Waals surface area contributed by atoms with Gasteiger partial charge in [-0.15, -0.1) is 0 Å². The minimum absolute atomic E-state index is 0.139. The monoisotopic (exact) mass is 286 g/mol. The van der Waals surface area contributed by atoms with Crippen molar-refractivity contribution in [1.29, 1.82) is 0 Å². The molecule has 0 spiro atoms. The highest BCUT2D eigenvalue weighted by atomic mass is 16.5. The number of nitrogen functional groups attached to an aromatic ring is 1. The first-order valence-electron chi connectivity index (χ1n) is 6.49. The topological polar surface area (TPSA) is 73.6 Å². The summed E-state index contributed by atoms with van der Waals surface area (Å²) < 4.78 is 10.4. The third kappa shape index (κ3) is 3.66. The van der Waals surface area contributed by atoms with Gasteiger partial charge in [-0.25, -0.2) is 0 Å². The Hall–Kier alpha value is -2.69. The lowest BCUT2D eigenvalue weighted by atomic mass is 10.1. The zero-order valence-corrected chi connectivity index (χ0v) is 12.1. The first-order valence-corrected chi connectivity index (χ1v) is 6.49. The van der Waals surface area contributed by atoms with Crippen LogP contribution in [0.4, 0.5) is 11.4 Å². The number of amides is 1. The molecule has 110 valence electrons. The summed E-state index contributed by atoms with van der Waals surface area (Å²) >= 11 is 0. The van der Waals surface area contributed by atoms with Crippen molar-refractivity contribution in [3.63, 3.8) is 0 Å². The quantitative estimate of drug-likeness (QED) is 0.828. The molecule has 2 aromatic rings. The first-order chi connectivity index (χ1) is 10.1. The van der Waals surface area contributed by atoms with Gasteiger partial charge in [0.15, 0.2) is 11.5 Å². The number of methoxy groups -OCH3 is 2. The summed E-state index contributed by atoms with van der Waals surface area (Å²) in [4.78, 5) is 12.0. The molecule has 0 aliphatic heterocycles. The minimum Gasteiger partial charge on any atom is -0.493 e. The molecule has 0 saturated carbocycles. The Balaban J connectivity index is 2.14. The van der Waals surface area contributed by atoms with Crippen molar-refractivity contribution in [2.24, 2.45) is 0 Å². The van der Waals surface area contributed by atoms with Gasteiger partial charge in [0.05, 0.1) is 20.6 Å². The first kappa shape index (κ1) is 14.7. The van der Waals surface area contributed by atoms with Gasteiger partial charge in [-0.3, -0.25) is 4.79 Å². The van der Waals surface area contributed by atoms with Gasteiger partial charge >= 0.3 is 0 Å². The van der Waals surface area contributed by atoms with E-state index in [1.165, 1.54) is 0 Å². The van der Waals surface area contributed by atoms with Crippen molar-refractivity contribution in [3.8, 4) is 11.5 Å². The highest BCUT2D eigenvalue weighted by molar-refractivity contribution is 5.93. The van der Waals surface area contributed by atoms with Crippen molar-refractivity contribution in [2.45, 2.75) is 6.42 Å². The van der Waals surface area contributed by atoms with Crippen LogP contribution >= 0.6 is 0 Å². The van der Waals surface area contributed by atoms with Crippen LogP contribution in [0.15, 0.2) is 42.5 Å². The standard InChI is InChI=1S/C16H18N2O3/c1-20-14-8-11(13(17)10-15(14)21-2)9-16(19)18-12-6-4-3-5-7-12/h3-8,10H,9,17H2,1-2H3,(H,18,19). The fourth-order valence-electron chi connectivity index (χ4n) is 1.99. The second kappa shape index (κ2) is 6.65. The third-order valence-corrected chi connectivity index (χ3v) is 3.05. The highest BCUT2D eigenvalue weighted by Crippen LogP contribution is 2.32. The smallest absolute Gasteiger partial charge is 0.228 e. The molecule has 0 unspecified atom stereocenters. The van der Waals surface area contributed by atoms with Crippen molar-refractivity contribution in [1.82, 2.24) is 0 Å². The minimum atomic E-state index is -0.139. The van der Waals surface area contributed by atoms with Gasteiger partial charge in [0.2, 0.25) is 5.91 Å². The van der Waals surface area contributed by atoms with E-state index in [0.29, 0.717) is 22.7 Å². The van der Waals surface area contributed by atoms with Crippen molar-refractivity contribution >= 4 is 17.3 Å². The number of rotatable bonds is 5. The summed E-state index contributed by atoms with van der Waals surface area (Å²) in [7, 11) is 3.08. The SMILES string of the molecule is COc1cc(N)c(CC(=O)Nc2ccccc2)cc1OC. The fourth-order valence-corrected chi connectivity index (χ4v) is 1.99. The number of hydrogen-bond donors (Lipinski definition) is 2. The molecule has 0 atom stereocenters. The van der Waals surface area contributed by atoms with Gasteiger partial charge in [-0.1, -0.05) is 18.2 Å². The van der Waals surface area contributed by atoms with Crippen molar-refractivity contribution < 1.29 is 14.3 Å². The molecule has 1 amide bonds. The van der Waals surface area contributed by atoms with Crippen LogP contribution in [0.3, 0.4) is 0 Å². The molecular weight excluding hydrogens is 268 g/mol. The summed E-state index contributed by atoms with van der Waals surface area (Å²) in [5.41, 5.74) is 7.89. The highest BCUT2D eigenvalue weighted by Gasteiger charge is 2.12. The molecule has 0 aromatic heterocycles. The van der Waals surface area contributed by atoms with Gasteiger partial charge in [-0.05, 0) is 23.8 Å².